The largest absolute Gasteiger partial charge is 0.486 e. The summed E-state index contributed by atoms with van der Waals surface area (Å²) in [7, 11) is 0. The molecule has 2 heterocycles. The van der Waals surface area contributed by atoms with Crippen molar-refractivity contribution >= 4 is 23.3 Å². The van der Waals surface area contributed by atoms with E-state index in [1.54, 1.807) is 6.07 Å². The molecule has 0 aliphatic carbocycles. The maximum absolute atomic E-state index is 12.7. The normalized spacial score (nSPS) is 18.1. The number of hydrogen-bond donors (Lipinski definition) is 0. The second-order valence-electron chi connectivity index (χ2n) is 7.53. The number of carbonyl (C=O) groups is 2. The van der Waals surface area contributed by atoms with E-state index in [2.05, 4.69) is 0 Å². The Bertz CT molecular complexity index is 886. The van der Waals surface area contributed by atoms with Crippen molar-refractivity contribution in [3.05, 3.63) is 64.2 Å². The molecule has 0 radical (unpaired) electrons. The van der Waals surface area contributed by atoms with Gasteiger partial charge in [-0.2, -0.15) is 0 Å². The van der Waals surface area contributed by atoms with Crippen LogP contribution in [0.25, 0.3) is 0 Å². The zero-order valence-corrected chi connectivity index (χ0v) is 16.1. The van der Waals surface area contributed by atoms with Gasteiger partial charge in [-0.05, 0) is 30.2 Å². The predicted molar refractivity (Wildman–Crippen MR) is 104 cm³/mol. The fourth-order valence-electron chi connectivity index (χ4n) is 3.94. The molecule has 5 heteroatoms. The minimum atomic E-state index is -0.506. The van der Waals surface area contributed by atoms with Gasteiger partial charge in [-0.15, -0.1) is 0 Å². The molecule has 2 aromatic carbocycles. The second-order valence-corrected chi connectivity index (χ2v) is 7.93. The van der Waals surface area contributed by atoms with E-state index in [0.29, 0.717) is 55.1 Å². The maximum atomic E-state index is 12.7. The average molecular weight is 384 g/mol. The van der Waals surface area contributed by atoms with Crippen LogP contribution in [0.2, 0.25) is 5.02 Å². The minimum absolute atomic E-state index is 0.0715. The third kappa shape index (κ3) is 3.59. The van der Waals surface area contributed by atoms with Crippen LogP contribution in [0.1, 0.15) is 40.7 Å². The Morgan fingerprint density at radius 3 is 2.59 bits per heavy atom. The summed E-state index contributed by atoms with van der Waals surface area (Å²) < 4.78 is 6.30. The number of halogens is 1. The summed E-state index contributed by atoms with van der Waals surface area (Å²) in [6.45, 7) is 3.13. The van der Waals surface area contributed by atoms with Gasteiger partial charge >= 0.3 is 0 Å². The number of nitrogens with zero attached hydrogens (tertiary/aromatic N) is 1. The zero-order valence-electron chi connectivity index (χ0n) is 15.3. The number of rotatable bonds is 2. The van der Waals surface area contributed by atoms with E-state index in [4.69, 9.17) is 16.3 Å². The van der Waals surface area contributed by atoms with Gasteiger partial charge in [-0.25, -0.2) is 0 Å². The van der Waals surface area contributed by atoms with Crippen molar-refractivity contribution in [1.29, 1.82) is 0 Å². The van der Waals surface area contributed by atoms with Crippen LogP contribution >= 0.6 is 11.6 Å². The summed E-state index contributed by atoms with van der Waals surface area (Å²) in [6, 6.07) is 13.3. The van der Waals surface area contributed by atoms with E-state index >= 15 is 0 Å². The first-order chi connectivity index (χ1) is 13.0. The first kappa shape index (κ1) is 18.1. The Balaban J connectivity index is 1.45. The number of carbonyl (C=O) groups excluding carboxylic acids is 2. The molecule has 0 N–H and O–H groups in total. The van der Waals surface area contributed by atoms with Crippen LogP contribution in [0.5, 0.6) is 5.75 Å². The number of aryl methyl sites for hydroxylation is 1. The molecule has 140 valence electrons. The highest BCUT2D eigenvalue weighted by Gasteiger charge is 2.43. The Morgan fingerprint density at radius 1 is 1.19 bits per heavy atom. The third-order valence-electron chi connectivity index (χ3n) is 5.60. The van der Waals surface area contributed by atoms with Gasteiger partial charge in [0, 0.05) is 31.0 Å². The van der Waals surface area contributed by atoms with Gasteiger partial charge in [0.2, 0.25) is 5.91 Å². The van der Waals surface area contributed by atoms with Gasteiger partial charge in [-0.3, -0.25) is 9.59 Å². The summed E-state index contributed by atoms with van der Waals surface area (Å²) in [4.78, 5) is 27.1. The molecule has 1 amide bonds. The van der Waals surface area contributed by atoms with Crippen molar-refractivity contribution in [3.63, 3.8) is 0 Å². The lowest BCUT2D eigenvalue weighted by atomic mass is 9.82. The molecule has 2 aliphatic rings. The highest BCUT2D eigenvalue weighted by atomic mass is 35.5. The molecule has 1 fully saturated rings. The molecule has 2 aromatic rings. The Kier molecular flexibility index (Phi) is 4.68. The van der Waals surface area contributed by atoms with Crippen LogP contribution in [0.15, 0.2) is 42.5 Å². The van der Waals surface area contributed by atoms with Crippen LogP contribution < -0.4 is 4.74 Å². The van der Waals surface area contributed by atoms with E-state index < -0.39 is 5.60 Å². The number of fused-ring (bicyclic) bond motifs is 1. The van der Waals surface area contributed by atoms with Crippen LogP contribution in [-0.2, 0) is 11.2 Å². The molecule has 0 bridgehead atoms. The number of ether oxygens (including phenoxy) is 1. The number of hydrogen-bond acceptors (Lipinski definition) is 3. The van der Waals surface area contributed by atoms with Gasteiger partial charge in [0.25, 0.3) is 0 Å². The van der Waals surface area contributed by atoms with E-state index in [0.717, 1.165) is 11.1 Å². The number of Topliss-reactive ketones (excluding diaryl/α,β-unsaturated/α-hetero) is 1. The van der Waals surface area contributed by atoms with Crippen molar-refractivity contribution in [2.45, 2.75) is 38.2 Å². The number of likely N-dealkylation sites (tertiary alicyclic amines) is 1. The number of ketones is 1. The summed E-state index contributed by atoms with van der Waals surface area (Å²) in [5, 5.41) is 0.586. The summed E-state index contributed by atoms with van der Waals surface area (Å²) >= 11 is 6.16. The lowest BCUT2D eigenvalue weighted by Gasteiger charge is -2.44. The highest BCUT2D eigenvalue weighted by Crippen LogP contribution is 2.41. The lowest BCUT2D eigenvalue weighted by Crippen LogP contribution is -2.52. The summed E-state index contributed by atoms with van der Waals surface area (Å²) in [5.41, 5.74) is 1.98. The molecule has 0 atom stereocenters. The number of piperidine rings is 1. The molecular formula is C22H22ClNO3. The molecule has 2 aliphatic heterocycles. The predicted octanol–water partition coefficient (Wildman–Crippen LogP) is 4.22. The third-order valence-corrected chi connectivity index (χ3v) is 6.00. The SMILES string of the molecule is Cc1cc2c(cc1Cl)C(=O)CC1(CCN(C(=O)Cc3ccccc3)CC1)O2. The van der Waals surface area contributed by atoms with Crippen molar-refractivity contribution in [2.24, 2.45) is 0 Å². The Labute approximate surface area is 164 Å². The fourth-order valence-corrected chi connectivity index (χ4v) is 4.10. The summed E-state index contributed by atoms with van der Waals surface area (Å²) in [5.74, 6) is 0.820. The van der Waals surface area contributed by atoms with Gasteiger partial charge in [-0.1, -0.05) is 41.9 Å². The number of amides is 1. The van der Waals surface area contributed by atoms with Crippen LogP contribution in [0, 0.1) is 6.92 Å². The summed E-state index contributed by atoms with van der Waals surface area (Å²) in [6.07, 6.45) is 2.09. The minimum Gasteiger partial charge on any atom is -0.486 e. The molecule has 4 rings (SSSR count). The Hall–Kier alpha value is -2.33. The molecule has 0 unspecified atom stereocenters. The standard InChI is InChI=1S/C22H22ClNO3/c1-15-11-20-17(13-18(15)23)19(25)14-22(27-20)7-9-24(10-8-22)21(26)12-16-5-3-2-4-6-16/h2-6,11,13H,7-10,12,14H2,1H3. The van der Waals surface area contributed by atoms with Crippen LogP contribution in [-0.4, -0.2) is 35.3 Å². The molecule has 27 heavy (non-hydrogen) atoms. The van der Waals surface area contributed by atoms with Crippen molar-refractivity contribution in [3.8, 4) is 5.75 Å². The monoisotopic (exact) mass is 383 g/mol. The Morgan fingerprint density at radius 2 is 1.89 bits per heavy atom. The van der Waals surface area contributed by atoms with Crippen LogP contribution in [0.4, 0.5) is 0 Å². The van der Waals surface area contributed by atoms with Crippen LogP contribution in [0.3, 0.4) is 0 Å². The topological polar surface area (TPSA) is 46.6 Å². The number of benzene rings is 2. The van der Waals surface area contributed by atoms with Gasteiger partial charge < -0.3 is 9.64 Å². The first-order valence-electron chi connectivity index (χ1n) is 9.30. The van der Waals surface area contributed by atoms with E-state index in [-0.39, 0.29) is 11.7 Å². The smallest absolute Gasteiger partial charge is 0.226 e. The molecule has 0 aromatic heterocycles. The molecular weight excluding hydrogens is 362 g/mol. The zero-order chi connectivity index (χ0) is 19.0. The maximum Gasteiger partial charge on any atom is 0.226 e. The van der Waals surface area contributed by atoms with Crippen molar-refractivity contribution in [2.75, 3.05) is 13.1 Å². The van der Waals surface area contributed by atoms with Crippen molar-refractivity contribution in [1.82, 2.24) is 4.90 Å². The van der Waals surface area contributed by atoms with Gasteiger partial charge in [0.15, 0.2) is 5.78 Å². The van der Waals surface area contributed by atoms with Crippen molar-refractivity contribution < 1.29 is 14.3 Å². The first-order valence-corrected chi connectivity index (χ1v) is 9.68. The molecule has 4 nitrogen and oxygen atoms in total. The molecule has 0 saturated carbocycles. The lowest BCUT2D eigenvalue weighted by molar-refractivity contribution is -0.134. The molecule has 1 spiro atoms. The molecule has 1 saturated heterocycles. The van der Waals surface area contributed by atoms with Gasteiger partial charge in [0.05, 0.1) is 18.4 Å². The fraction of sp³-hybridized carbons (Fsp3) is 0.364. The second kappa shape index (κ2) is 7.01. The van der Waals surface area contributed by atoms with Gasteiger partial charge in [0.1, 0.15) is 11.4 Å². The average Bonchev–Trinajstić information content (AvgIpc) is 2.65. The van der Waals surface area contributed by atoms with E-state index in [9.17, 15) is 9.59 Å². The quantitative estimate of drug-likeness (QED) is 0.780. The van der Waals surface area contributed by atoms with E-state index in [1.807, 2.05) is 48.2 Å². The van der Waals surface area contributed by atoms with E-state index in [1.165, 1.54) is 0 Å². The highest BCUT2D eigenvalue weighted by molar-refractivity contribution is 6.31.